The van der Waals surface area contributed by atoms with Gasteiger partial charge in [-0.2, -0.15) is 0 Å². The zero-order valence-corrected chi connectivity index (χ0v) is 14.5. The fraction of sp³-hybridized carbons (Fsp3) is 0.647. The van der Waals surface area contributed by atoms with Gasteiger partial charge in [0.1, 0.15) is 0 Å². The van der Waals surface area contributed by atoms with Crippen LogP contribution in [-0.4, -0.2) is 24.8 Å². The first-order valence-electron chi connectivity index (χ1n) is 7.42. The molecule has 0 aliphatic heterocycles. The lowest BCUT2D eigenvalue weighted by molar-refractivity contribution is 0.365. The van der Waals surface area contributed by atoms with E-state index in [-0.39, 0.29) is 0 Å². The molecule has 0 heterocycles. The maximum Gasteiger partial charge on any atom is 0.0399 e. The van der Waals surface area contributed by atoms with Crippen molar-refractivity contribution in [2.24, 2.45) is 5.41 Å². The second kappa shape index (κ2) is 8.79. The summed E-state index contributed by atoms with van der Waals surface area (Å²) in [5, 5.41) is 0. The van der Waals surface area contributed by atoms with Gasteiger partial charge >= 0.3 is 0 Å². The highest BCUT2D eigenvalue weighted by Gasteiger charge is 2.09. The summed E-state index contributed by atoms with van der Waals surface area (Å²) < 4.78 is 0. The van der Waals surface area contributed by atoms with Crippen molar-refractivity contribution < 1.29 is 0 Å². The van der Waals surface area contributed by atoms with Gasteiger partial charge in [-0.1, -0.05) is 32.9 Å². The zero-order valence-electron chi connectivity index (χ0n) is 13.0. The Morgan fingerprint density at radius 1 is 0.950 bits per heavy atom. The summed E-state index contributed by atoms with van der Waals surface area (Å²) in [6, 6.07) is 8.83. The van der Waals surface area contributed by atoms with Gasteiger partial charge in [0.05, 0.1) is 0 Å². The minimum absolute atomic E-state index is 0.428. The Bertz CT molecular complexity index is 362. The minimum atomic E-state index is 0.428. The molecule has 0 radical (unpaired) electrons. The molecule has 114 valence electrons. The number of benzene rings is 1. The molecule has 0 N–H and O–H groups in total. The van der Waals surface area contributed by atoms with Crippen molar-refractivity contribution in [2.75, 3.05) is 29.7 Å². The van der Waals surface area contributed by atoms with Crippen molar-refractivity contribution in [1.82, 2.24) is 0 Å². The standard InChI is InChI=1S/C17H27Cl2N/c1-17(2,3)10-4-5-15-6-8-16(9-7-15)20(13-11-18)14-12-19/h6-9H,4-5,10-14H2,1-3H3. The largest absolute Gasteiger partial charge is 0.369 e. The summed E-state index contributed by atoms with van der Waals surface area (Å²) in [5.41, 5.74) is 3.05. The number of alkyl halides is 2. The molecule has 0 aromatic heterocycles. The van der Waals surface area contributed by atoms with Gasteiger partial charge in [0.15, 0.2) is 0 Å². The first kappa shape index (κ1) is 17.7. The molecular weight excluding hydrogens is 289 g/mol. The average Bonchev–Trinajstić information content (AvgIpc) is 2.38. The topological polar surface area (TPSA) is 3.24 Å². The monoisotopic (exact) mass is 315 g/mol. The highest BCUT2D eigenvalue weighted by atomic mass is 35.5. The molecule has 20 heavy (non-hydrogen) atoms. The molecule has 1 aromatic carbocycles. The van der Waals surface area contributed by atoms with Crippen molar-refractivity contribution in [2.45, 2.75) is 40.0 Å². The van der Waals surface area contributed by atoms with Gasteiger partial charge in [-0.05, 0) is 42.4 Å². The van der Waals surface area contributed by atoms with Crippen LogP contribution in [0, 0.1) is 5.41 Å². The van der Waals surface area contributed by atoms with Crippen LogP contribution in [-0.2, 0) is 6.42 Å². The van der Waals surface area contributed by atoms with Crippen molar-refractivity contribution >= 4 is 28.9 Å². The van der Waals surface area contributed by atoms with E-state index < -0.39 is 0 Å². The number of aryl methyl sites for hydroxylation is 1. The maximum atomic E-state index is 5.84. The quantitative estimate of drug-likeness (QED) is 0.585. The predicted octanol–water partition coefficient (Wildman–Crippen LogP) is 5.34. The molecule has 0 atom stereocenters. The Labute approximate surface area is 134 Å². The molecule has 0 amide bonds. The van der Waals surface area contributed by atoms with Crippen LogP contribution in [0.1, 0.15) is 39.2 Å². The molecule has 0 saturated heterocycles. The lowest BCUT2D eigenvalue weighted by Gasteiger charge is -2.23. The summed E-state index contributed by atoms with van der Waals surface area (Å²) in [7, 11) is 0. The van der Waals surface area contributed by atoms with E-state index >= 15 is 0 Å². The first-order chi connectivity index (χ1) is 9.46. The lowest BCUT2D eigenvalue weighted by Crippen LogP contribution is -2.27. The Morgan fingerprint density at radius 2 is 1.50 bits per heavy atom. The Balaban J connectivity index is 2.54. The first-order valence-corrected chi connectivity index (χ1v) is 8.49. The number of halogens is 2. The summed E-state index contributed by atoms with van der Waals surface area (Å²) >= 11 is 11.7. The predicted molar refractivity (Wildman–Crippen MR) is 92.5 cm³/mol. The molecule has 0 fully saturated rings. The summed E-state index contributed by atoms with van der Waals surface area (Å²) in [6.07, 6.45) is 3.66. The van der Waals surface area contributed by atoms with Gasteiger partial charge in [0.2, 0.25) is 0 Å². The zero-order chi connectivity index (χ0) is 15.0. The van der Waals surface area contributed by atoms with Crippen molar-refractivity contribution in [3.05, 3.63) is 29.8 Å². The molecule has 1 nitrogen and oxygen atoms in total. The average molecular weight is 316 g/mol. The summed E-state index contributed by atoms with van der Waals surface area (Å²) in [5.74, 6) is 1.26. The van der Waals surface area contributed by atoms with Gasteiger partial charge in [-0.3, -0.25) is 0 Å². The van der Waals surface area contributed by atoms with Crippen LogP contribution in [0.2, 0.25) is 0 Å². The molecule has 1 aromatic rings. The van der Waals surface area contributed by atoms with Crippen LogP contribution in [0.5, 0.6) is 0 Å². The SMILES string of the molecule is CC(C)(C)CCCc1ccc(N(CCCl)CCCl)cc1. The van der Waals surface area contributed by atoms with E-state index in [2.05, 4.69) is 49.9 Å². The third kappa shape index (κ3) is 6.85. The number of rotatable bonds is 8. The highest BCUT2D eigenvalue weighted by molar-refractivity contribution is 6.18. The van der Waals surface area contributed by atoms with Crippen molar-refractivity contribution in [1.29, 1.82) is 0 Å². The fourth-order valence-corrected chi connectivity index (χ4v) is 2.68. The van der Waals surface area contributed by atoms with Crippen LogP contribution in [0.25, 0.3) is 0 Å². The second-order valence-corrected chi connectivity index (χ2v) is 7.20. The Morgan fingerprint density at radius 3 is 1.95 bits per heavy atom. The molecule has 0 aliphatic carbocycles. The molecule has 1 rings (SSSR count). The molecule has 0 unspecified atom stereocenters. The number of nitrogens with zero attached hydrogens (tertiary/aromatic N) is 1. The highest BCUT2D eigenvalue weighted by Crippen LogP contribution is 2.23. The van der Waals surface area contributed by atoms with Crippen molar-refractivity contribution in [3.8, 4) is 0 Å². The lowest BCUT2D eigenvalue weighted by atomic mass is 9.89. The molecule has 0 bridgehead atoms. The van der Waals surface area contributed by atoms with Crippen molar-refractivity contribution in [3.63, 3.8) is 0 Å². The molecular formula is C17H27Cl2N. The Kier molecular flexibility index (Phi) is 7.76. The third-order valence-corrected chi connectivity index (χ3v) is 3.74. The van der Waals surface area contributed by atoms with E-state index in [1.54, 1.807) is 0 Å². The van der Waals surface area contributed by atoms with Gasteiger partial charge in [0.25, 0.3) is 0 Å². The molecule has 0 aliphatic rings. The van der Waals surface area contributed by atoms with Crippen LogP contribution < -0.4 is 4.90 Å². The van der Waals surface area contributed by atoms with Crippen LogP contribution in [0.3, 0.4) is 0 Å². The minimum Gasteiger partial charge on any atom is -0.369 e. The summed E-state index contributed by atoms with van der Waals surface area (Å²) in [4.78, 5) is 2.24. The molecule has 0 saturated carbocycles. The molecule has 0 spiro atoms. The van der Waals surface area contributed by atoms with Crippen LogP contribution in [0.4, 0.5) is 5.69 Å². The van der Waals surface area contributed by atoms with E-state index in [1.165, 1.54) is 24.1 Å². The molecule has 3 heteroatoms. The number of anilines is 1. The second-order valence-electron chi connectivity index (χ2n) is 6.45. The number of hydrogen-bond donors (Lipinski definition) is 0. The summed E-state index contributed by atoms with van der Waals surface area (Å²) in [6.45, 7) is 8.58. The third-order valence-electron chi connectivity index (χ3n) is 3.40. The van der Waals surface area contributed by atoms with Gasteiger partial charge in [0, 0.05) is 30.5 Å². The normalized spacial score (nSPS) is 11.7. The Hall–Kier alpha value is -0.400. The van der Waals surface area contributed by atoms with Crippen LogP contribution >= 0.6 is 23.2 Å². The van der Waals surface area contributed by atoms with E-state index in [9.17, 15) is 0 Å². The maximum absolute atomic E-state index is 5.84. The van der Waals surface area contributed by atoms with E-state index in [1.807, 2.05) is 0 Å². The van der Waals surface area contributed by atoms with E-state index in [0.29, 0.717) is 17.2 Å². The van der Waals surface area contributed by atoms with Gasteiger partial charge in [-0.15, -0.1) is 23.2 Å². The number of hydrogen-bond acceptors (Lipinski definition) is 1. The van der Waals surface area contributed by atoms with Gasteiger partial charge < -0.3 is 4.90 Å². The fourth-order valence-electron chi connectivity index (χ4n) is 2.27. The van der Waals surface area contributed by atoms with Crippen LogP contribution in [0.15, 0.2) is 24.3 Å². The van der Waals surface area contributed by atoms with E-state index in [4.69, 9.17) is 23.2 Å². The van der Waals surface area contributed by atoms with E-state index in [0.717, 1.165) is 19.5 Å². The van der Waals surface area contributed by atoms with Gasteiger partial charge in [-0.25, -0.2) is 0 Å². The smallest absolute Gasteiger partial charge is 0.0399 e.